The number of benzene rings is 2. The van der Waals surface area contributed by atoms with Crippen molar-refractivity contribution in [3.8, 4) is 23.0 Å². The first kappa shape index (κ1) is 11.3. The first-order chi connectivity index (χ1) is 8.08. The molecule has 0 saturated carbocycles. The largest absolute Gasteiger partial charge is 0.508 e. The molecule has 17 heavy (non-hydrogen) atoms. The van der Waals surface area contributed by atoms with E-state index >= 15 is 0 Å². The van der Waals surface area contributed by atoms with Gasteiger partial charge in [-0.2, -0.15) is 0 Å². The standard InChI is InChI=1S/C14H14O3/c1-9-4-3-5-13(10(9)2)17-14-8-11(15)6-7-12(14)16/h3-8,15-16H,1-2H3. The van der Waals surface area contributed by atoms with E-state index in [1.165, 1.54) is 18.2 Å². The lowest BCUT2D eigenvalue weighted by Crippen LogP contribution is -1.90. The predicted octanol–water partition coefficient (Wildman–Crippen LogP) is 3.51. The van der Waals surface area contributed by atoms with Crippen molar-refractivity contribution in [2.45, 2.75) is 13.8 Å². The van der Waals surface area contributed by atoms with Crippen molar-refractivity contribution in [2.75, 3.05) is 0 Å². The maximum atomic E-state index is 9.62. The lowest BCUT2D eigenvalue weighted by Gasteiger charge is -2.11. The number of aromatic hydroxyl groups is 2. The van der Waals surface area contributed by atoms with Crippen LogP contribution in [0.1, 0.15) is 11.1 Å². The van der Waals surface area contributed by atoms with E-state index in [0.29, 0.717) is 5.75 Å². The Kier molecular flexibility index (Phi) is 2.91. The highest BCUT2D eigenvalue weighted by Crippen LogP contribution is 2.35. The van der Waals surface area contributed by atoms with Crippen LogP contribution in [0.2, 0.25) is 0 Å². The zero-order valence-electron chi connectivity index (χ0n) is 9.77. The van der Waals surface area contributed by atoms with Gasteiger partial charge in [0.1, 0.15) is 11.5 Å². The zero-order chi connectivity index (χ0) is 12.4. The second-order valence-corrected chi connectivity index (χ2v) is 3.95. The van der Waals surface area contributed by atoms with Gasteiger partial charge in [0.05, 0.1) is 0 Å². The van der Waals surface area contributed by atoms with Crippen LogP contribution in [-0.2, 0) is 0 Å². The maximum Gasteiger partial charge on any atom is 0.172 e. The molecular formula is C14H14O3. The highest BCUT2D eigenvalue weighted by Gasteiger charge is 2.07. The molecule has 2 N–H and O–H groups in total. The quantitative estimate of drug-likeness (QED) is 0.776. The third-order valence-corrected chi connectivity index (χ3v) is 2.72. The molecule has 0 saturated heterocycles. The zero-order valence-corrected chi connectivity index (χ0v) is 9.77. The fourth-order valence-electron chi connectivity index (χ4n) is 1.54. The molecule has 3 heteroatoms. The summed E-state index contributed by atoms with van der Waals surface area (Å²) >= 11 is 0. The molecule has 2 aromatic carbocycles. The Labute approximate surface area is 99.9 Å². The number of phenols is 2. The Morgan fingerprint density at radius 3 is 2.47 bits per heavy atom. The lowest BCUT2D eigenvalue weighted by atomic mass is 10.1. The maximum absolute atomic E-state index is 9.62. The van der Waals surface area contributed by atoms with Crippen LogP contribution in [0.5, 0.6) is 23.0 Å². The number of rotatable bonds is 2. The van der Waals surface area contributed by atoms with Crippen LogP contribution < -0.4 is 4.74 Å². The van der Waals surface area contributed by atoms with Crippen molar-refractivity contribution in [3.05, 3.63) is 47.5 Å². The van der Waals surface area contributed by atoms with Gasteiger partial charge in [0.15, 0.2) is 11.5 Å². The molecule has 0 aromatic heterocycles. The molecule has 0 bridgehead atoms. The van der Waals surface area contributed by atoms with E-state index in [-0.39, 0.29) is 17.2 Å². The summed E-state index contributed by atoms with van der Waals surface area (Å²) in [5.41, 5.74) is 2.12. The Hall–Kier alpha value is -2.16. The number of ether oxygens (including phenoxy) is 1. The van der Waals surface area contributed by atoms with Gasteiger partial charge >= 0.3 is 0 Å². The van der Waals surface area contributed by atoms with Gasteiger partial charge in [0.2, 0.25) is 0 Å². The minimum atomic E-state index is 0.00343. The molecule has 0 unspecified atom stereocenters. The summed E-state index contributed by atoms with van der Waals surface area (Å²) in [6.45, 7) is 3.94. The second kappa shape index (κ2) is 4.37. The summed E-state index contributed by atoms with van der Waals surface area (Å²) in [5.74, 6) is 0.983. The van der Waals surface area contributed by atoms with E-state index in [1.54, 1.807) is 0 Å². The minimum absolute atomic E-state index is 0.00343. The van der Waals surface area contributed by atoms with Crippen molar-refractivity contribution < 1.29 is 14.9 Å². The van der Waals surface area contributed by atoms with E-state index in [4.69, 9.17) is 4.74 Å². The van der Waals surface area contributed by atoms with Gasteiger partial charge in [-0.15, -0.1) is 0 Å². The minimum Gasteiger partial charge on any atom is -0.508 e. The summed E-state index contributed by atoms with van der Waals surface area (Å²) < 4.78 is 5.59. The van der Waals surface area contributed by atoms with Crippen LogP contribution in [0.4, 0.5) is 0 Å². The van der Waals surface area contributed by atoms with E-state index in [9.17, 15) is 10.2 Å². The van der Waals surface area contributed by atoms with Gasteiger partial charge in [-0.3, -0.25) is 0 Å². The van der Waals surface area contributed by atoms with Crippen LogP contribution in [-0.4, -0.2) is 10.2 Å². The van der Waals surface area contributed by atoms with Crippen molar-refractivity contribution >= 4 is 0 Å². The Bertz CT molecular complexity index is 547. The fraction of sp³-hybridized carbons (Fsp3) is 0.143. The van der Waals surface area contributed by atoms with Crippen LogP contribution in [0, 0.1) is 13.8 Å². The van der Waals surface area contributed by atoms with Gasteiger partial charge in [0.25, 0.3) is 0 Å². The summed E-state index contributed by atoms with van der Waals surface area (Å²) in [6.07, 6.45) is 0. The molecule has 0 aliphatic heterocycles. The highest BCUT2D eigenvalue weighted by molar-refractivity contribution is 5.48. The number of phenolic OH excluding ortho intramolecular Hbond substituents is 2. The second-order valence-electron chi connectivity index (χ2n) is 3.95. The number of hydrogen-bond acceptors (Lipinski definition) is 3. The lowest BCUT2D eigenvalue weighted by molar-refractivity contribution is 0.402. The molecule has 0 amide bonds. The third-order valence-electron chi connectivity index (χ3n) is 2.72. The Morgan fingerprint density at radius 2 is 1.71 bits per heavy atom. The Balaban J connectivity index is 2.38. The van der Waals surface area contributed by atoms with Crippen LogP contribution in [0.3, 0.4) is 0 Å². The van der Waals surface area contributed by atoms with Gasteiger partial charge < -0.3 is 14.9 Å². The smallest absolute Gasteiger partial charge is 0.172 e. The fourth-order valence-corrected chi connectivity index (χ4v) is 1.54. The van der Waals surface area contributed by atoms with Gasteiger partial charge in [-0.1, -0.05) is 12.1 Å². The molecule has 0 aliphatic carbocycles. The molecule has 0 aliphatic rings. The van der Waals surface area contributed by atoms with Crippen LogP contribution >= 0.6 is 0 Å². The summed E-state index contributed by atoms with van der Waals surface area (Å²) in [6, 6.07) is 9.89. The Morgan fingerprint density at radius 1 is 0.941 bits per heavy atom. The van der Waals surface area contributed by atoms with E-state index in [2.05, 4.69) is 0 Å². The van der Waals surface area contributed by atoms with E-state index < -0.39 is 0 Å². The van der Waals surface area contributed by atoms with E-state index in [1.807, 2.05) is 32.0 Å². The first-order valence-electron chi connectivity index (χ1n) is 5.34. The molecule has 0 spiro atoms. The molecule has 0 heterocycles. The van der Waals surface area contributed by atoms with Gasteiger partial charge in [0, 0.05) is 6.07 Å². The average molecular weight is 230 g/mol. The van der Waals surface area contributed by atoms with Crippen LogP contribution in [0.15, 0.2) is 36.4 Å². The molecule has 3 nitrogen and oxygen atoms in total. The normalized spacial score (nSPS) is 10.2. The first-order valence-corrected chi connectivity index (χ1v) is 5.34. The SMILES string of the molecule is Cc1cccc(Oc2cc(O)ccc2O)c1C. The average Bonchev–Trinajstić information content (AvgIpc) is 2.30. The number of hydrogen-bond donors (Lipinski definition) is 2. The third kappa shape index (κ3) is 2.33. The summed E-state index contributed by atoms with van der Waals surface area (Å²) in [7, 11) is 0. The molecule has 0 atom stereocenters. The van der Waals surface area contributed by atoms with Gasteiger partial charge in [-0.25, -0.2) is 0 Å². The summed E-state index contributed by atoms with van der Waals surface area (Å²) in [5, 5.41) is 19.0. The topological polar surface area (TPSA) is 49.7 Å². The molecule has 2 rings (SSSR count). The van der Waals surface area contributed by atoms with E-state index in [0.717, 1.165) is 11.1 Å². The van der Waals surface area contributed by atoms with Crippen molar-refractivity contribution in [2.24, 2.45) is 0 Å². The monoisotopic (exact) mass is 230 g/mol. The van der Waals surface area contributed by atoms with Crippen LogP contribution in [0.25, 0.3) is 0 Å². The molecule has 0 radical (unpaired) electrons. The van der Waals surface area contributed by atoms with Crippen molar-refractivity contribution in [3.63, 3.8) is 0 Å². The predicted molar refractivity (Wildman–Crippen MR) is 65.8 cm³/mol. The van der Waals surface area contributed by atoms with Gasteiger partial charge in [-0.05, 0) is 43.2 Å². The molecule has 2 aromatic rings. The number of aryl methyl sites for hydroxylation is 1. The molecule has 0 fully saturated rings. The molecule has 88 valence electrons. The van der Waals surface area contributed by atoms with Crippen molar-refractivity contribution in [1.82, 2.24) is 0 Å². The van der Waals surface area contributed by atoms with Crippen molar-refractivity contribution in [1.29, 1.82) is 0 Å². The molecular weight excluding hydrogens is 216 g/mol. The summed E-state index contributed by atoms with van der Waals surface area (Å²) in [4.78, 5) is 0. The highest BCUT2D eigenvalue weighted by atomic mass is 16.5.